The molecular formula is C17H19Cl2N. The molecule has 2 aromatic rings. The summed E-state index contributed by atoms with van der Waals surface area (Å²) in [6.07, 6.45) is 0.910. The molecule has 0 amide bonds. The average molecular weight is 308 g/mol. The zero-order chi connectivity index (χ0) is 14.4. The molecule has 3 heteroatoms. The second-order valence-corrected chi connectivity index (χ2v) is 5.70. The van der Waals surface area contributed by atoms with Crippen LogP contribution in [0.5, 0.6) is 0 Å². The predicted molar refractivity (Wildman–Crippen MR) is 87.9 cm³/mol. The van der Waals surface area contributed by atoms with E-state index in [4.69, 9.17) is 23.2 Å². The smallest absolute Gasteiger partial charge is 0.0453 e. The minimum Gasteiger partial charge on any atom is -0.316 e. The predicted octanol–water partition coefficient (Wildman–Crippen LogP) is 4.93. The minimum atomic E-state index is 0.412. The van der Waals surface area contributed by atoms with Crippen molar-refractivity contribution in [3.05, 3.63) is 69.7 Å². The van der Waals surface area contributed by atoms with Gasteiger partial charge in [0.2, 0.25) is 0 Å². The molecule has 0 aliphatic heterocycles. The highest BCUT2D eigenvalue weighted by atomic mass is 35.5. The van der Waals surface area contributed by atoms with Gasteiger partial charge < -0.3 is 5.32 Å². The van der Waals surface area contributed by atoms with Crippen molar-refractivity contribution in [2.75, 3.05) is 13.1 Å². The average Bonchev–Trinajstić information content (AvgIpc) is 2.46. The molecule has 0 radical (unpaired) electrons. The van der Waals surface area contributed by atoms with Crippen molar-refractivity contribution < 1.29 is 0 Å². The molecule has 1 unspecified atom stereocenters. The van der Waals surface area contributed by atoms with Gasteiger partial charge in [-0.25, -0.2) is 0 Å². The van der Waals surface area contributed by atoms with Crippen LogP contribution in [0.3, 0.4) is 0 Å². The van der Waals surface area contributed by atoms with E-state index >= 15 is 0 Å². The fraction of sp³-hybridized carbons (Fsp3) is 0.294. The van der Waals surface area contributed by atoms with E-state index in [9.17, 15) is 0 Å². The summed E-state index contributed by atoms with van der Waals surface area (Å²) < 4.78 is 0. The number of hydrogen-bond donors (Lipinski definition) is 1. The maximum Gasteiger partial charge on any atom is 0.0453 e. The summed E-state index contributed by atoms with van der Waals surface area (Å²) in [5, 5.41) is 4.86. The molecular weight excluding hydrogens is 289 g/mol. The van der Waals surface area contributed by atoms with Crippen molar-refractivity contribution >= 4 is 23.2 Å². The molecule has 0 aromatic heterocycles. The highest BCUT2D eigenvalue weighted by Gasteiger charge is 2.13. The third kappa shape index (κ3) is 4.24. The van der Waals surface area contributed by atoms with E-state index < -0.39 is 0 Å². The Kier molecular flexibility index (Phi) is 5.90. The largest absolute Gasteiger partial charge is 0.316 e. The van der Waals surface area contributed by atoms with Gasteiger partial charge >= 0.3 is 0 Å². The second kappa shape index (κ2) is 7.68. The Hall–Kier alpha value is -1.02. The van der Waals surface area contributed by atoms with Gasteiger partial charge in [-0.05, 0) is 36.2 Å². The van der Waals surface area contributed by atoms with Gasteiger partial charge in [0.05, 0.1) is 0 Å². The lowest BCUT2D eigenvalue weighted by atomic mass is 9.92. The zero-order valence-electron chi connectivity index (χ0n) is 11.6. The fourth-order valence-electron chi connectivity index (χ4n) is 2.30. The van der Waals surface area contributed by atoms with Crippen molar-refractivity contribution in [1.29, 1.82) is 0 Å². The molecule has 0 heterocycles. The van der Waals surface area contributed by atoms with Crippen molar-refractivity contribution in [1.82, 2.24) is 5.32 Å². The van der Waals surface area contributed by atoms with Crippen LogP contribution in [-0.4, -0.2) is 13.1 Å². The topological polar surface area (TPSA) is 12.0 Å². The SMILES string of the molecule is CCNCC(Cc1ccc(Cl)cc1Cl)c1ccccc1. The third-order valence-corrected chi connectivity index (χ3v) is 3.98. The molecule has 106 valence electrons. The molecule has 0 spiro atoms. The maximum atomic E-state index is 6.29. The number of nitrogens with one attached hydrogen (secondary N) is 1. The van der Waals surface area contributed by atoms with Gasteiger partial charge in [0, 0.05) is 22.5 Å². The van der Waals surface area contributed by atoms with Gasteiger partial charge in [0.25, 0.3) is 0 Å². The standard InChI is InChI=1S/C17H19Cl2N/c1-2-20-12-15(13-6-4-3-5-7-13)10-14-8-9-16(18)11-17(14)19/h3-9,11,15,20H,2,10,12H2,1H3. The Morgan fingerprint density at radius 2 is 1.80 bits per heavy atom. The van der Waals surface area contributed by atoms with E-state index in [1.165, 1.54) is 5.56 Å². The van der Waals surface area contributed by atoms with Crippen LogP contribution in [0.15, 0.2) is 48.5 Å². The molecule has 0 saturated carbocycles. The normalized spacial score (nSPS) is 12.3. The van der Waals surface area contributed by atoms with E-state index in [1.807, 2.05) is 24.3 Å². The van der Waals surface area contributed by atoms with E-state index in [0.29, 0.717) is 10.9 Å². The number of likely N-dealkylation sites (N-methyl/N-ethyl adjacent to an activating group) is 1. The first-order valence-electron chi connectivity index (χ1n) is 6.90. The number of halogens is 2. The van der Waals surface area contributed by atoms with Crippen molar-refractivity contribution in [2.24, 2.45) is 0 Å². The fourth-order valence-corrected chi connectivity index (χ4v) is 2.79. The van der Waals surface area contributed by atoms with E-state index in [2.05, 4.69) is 36.5 Å². The van der Waals surface area contributed by atoms with Gasteiger partial charge in [-0.2, -0.15) is 0 Å². The summed E-state index contributed by atoms with van der Waals surface area (Å²) in [6.45, 7) is 4.04. The highest BCUT2D eigenvalue weighted by molar-refractivity contribution is 6.35. The van der Waals surface area contributed by atoms with E-state index in [-0.39, 0.29) is 0 Å². The van der Waals surface area contributed by atoms with Crippen molar-refractivity contribution in [3.8, 4) is 0 Å². The quantitative estimate of drug-likeness (QED) is 0.798. The molecule has 0 aliphatic rings. The van der Waals surface area contributed by atoms with Crippen LogP contribution in [0.1, 0.15) is 24.0 Å². The van der Waals surface area contributed by atoms with Gasteiger partial charge in [0.15, 0.2) is 0 Å². The van der Waals surface area contributed by atoms with Crippen LogP contribution in [0.2, 0.25) is 10.0 Å². The molecule has 1 atom stereocenters. The molecule has 0 saturated heterocycles. The van der Waals surface area contributed by atoms with Gasteiger partial charge in [-0.15, -0.1) is 0 Å². The first-order chi connectivity index (χ1) is 9.70. The minimum absolute atomic E-state index is 0.412. The van der Waals surface area contributed by atoms with Crippen LogP contribution in [0.25, 0.3) is 0 Å². The van der Waals surface area contributed by atoms with E-state index in [1.54, 1.807) is 0 Å². The number of hydrogen-bond acceptors (Lipinski definition) is 1. The summed E-state index contributed by atoms with van der Waals surface area (Å²) in [5.74, 6) is 0.412. The van der Waals surface area contributed by atoms with Gasteiger partial charge in [0.1, 0.15) is 0 Å². The summed E-state index contributed by atoms with van der Waals surface area (Å²) >= 11 is 12.2. The Bertz CT molecular complexity index is 540. The van der Waals surface area contributed by atoms with Crippen molar-refractivity contribution in [3.63, 3.8) is 0 Å². The lowest BCUT2D eigenvalue weighted by Gasteiger charge is -2.18. The molecule has 2 aromatic carbocycles. The maximum absolute atomic E-state index is 6.29. The molecule has 2 rings (SSSR count). The van der Waals surface area contributed by atoms with Crippen LogP contribution >= 0.6 is 23.2 Å². The lowest BCUT2D eigenvalue weighted by molar-refractivity contribution is 0.595. The Balaban J connectivity index is 2.19. The highest BCUT2D eigenvalue weighted by Crippen LogP contribution is 2.27. The van der Waals surface area contributed by atoms with Gasteiger partial charge in [-0.1, -0.05) is 66.5 Å². The second-order valence-electron chi connectivity index (χ2n) is 4.86. The molecule has 20 heavy (non-hydrogen) atoms. The molecule has 1 nitrogen and oxygen atoms in total. The first kappa shape index (κ1) is 15.4. The summed E-state index contributed by atoms with van der Waals surface area (Å²) in [7, 11) is 0. The molecule has 1 N–H and O–H groups in total. The van der Waals surface area contributed by atoms with Crippen LogP contribution in [-0.2, 0) is 6.42 Å². The molecule has 0 fully saturated rings. The van der Waals surface area contributed by atoms with Crippen molar-refractivity contribution in [2.45, 2.75) is 19.3 Å². The Morgan fingerprint density at radius 1 is 1.05 bits per heavy atom. The molecule has 0 bridgehead atoms. The number of rotatable bonds is 6. The third-order valence-electron chi connectivity index (χ3n) is 3.39. The van der Waals surface area contributed by atoms with Crippen LogP contribution in [0, 0.1) is 0 Å². The summed E-state index contributed by atoms with van der Waals surface area (Å²) in [4.78, 5) is 0. The van der Waals surface area contributed by atoms with Crippen LogP contribution < -0.4 is 5.32 Å². The van der Waals surface area contributed by atoms with Gasteiger partial charge in [-0.3, -0.25) is 0 Å². The molecule has 0 aliphatic carbocycles. The lowest BCUT2D eigenvalue weighted by Crippen LogP contribution is -2.22. The Labute approximate surface area is 130 Å². The summed E-state index contributed by atoms with van der Waals surface area (Å²) in [5.41, 5.74) is 2.47. The Morgan fingerprint density at radius 3 is 2.45 bits per heavy atom. The number of benzene rings is 2. The monoisotopic (exact) mass is 307 g/mol. The summed E-state index contributed by atoms with van der Waals surface area (Å²) in [6, 6.07) is 16.3. The van der Waals surface area contributed by atoms with Crippen LogP contribution in [0.4, 0.5) is 0 Å². The first-order valence-corrected chi connectivity index (χ1v) is 7.66. The van der Waals surface area contributed by atoms with E-state index in [0.717, 1.165) is 30.1 Å². The zero-order valence-corrected chi connectivity index (χ0v) is 13.1.